The second-order valence-electron chi connectivity index (χ2n) is 2.93. The van der Waals surface area contributed by atoms with Crippen LogP contribution < -0.4 is 0 Å². The van der Waals surface area contributed by atoms with Crippen LogP contribution in [0.3, 0.4) is 0 Å². The molecular formula is C11H9NO2S. The van der Waals surface area contributed by atoms with Crippen molar-refractivity contribution in [3.63, 3.8) is 0 Å². The molecular weight excluding hydrogens is 210 g/mol. The van der Waals surface area contributed by atoms with Gasteiger partial charge in [0, 0.05) is 10.9 Å². The Labute approximate surface area is 91.5 Å². The van der Waals surface area contributed by atoms with Gasteiger partial charge >= 0.3 is 5.97 Å². The molecule has 1 aromatic heterocycles. The van der Waals surface area contributed by atoms with E-state index in [1.807, 2.05) is 30.3 Å². The maximum absolute atomic E-state index is 11.4. The molecule has 1 aromatic carbocycles. The van der Waals surface area contributed by atoms with Crippen LogP contribution in [0.1, 0.15) is 10.4 Å². The maximum Gasteiger partial charge on any atom is 0.341 e. The number of benzene rings is 1. The summed E-state index contributed by atoms with van der Waals surface area (Å²) < 4.78 is 8.88. The molecule has 0 aliphatic carbocycles. The fraction of sp³-hybridized carbons (Fsp3) is 0.0909. The zero-order valence-corrected chi connectivity index (χ0v) is 8.95. The molecule has 0 saturated heterocycles. The Hall–Kier alpha value is -1.68. The molecule has 0 spiro atoms. The summed E-state index contributed by atoms with van der Waals surface area (Å²) in [5.41, 5.74) is 2.14. The average molecular weight is 219 g/mol. The predicted molar refractivity (Wildman–Crippen MR) is 58.9 cm³/mol. The molecule has 1 heterocycles. The van der Waals surface area contributed by atoms with E-state index >= 15 is 0 Å². The number of methoxy groups -OCH3 is 1. The number of hydrogen-bond acceptors (Lipinski definition) is 4. The lowest BCUT2D eigenvalue weighted by Gasteiger charge is -2.00. The molecule has 15 heavy (non-hydrogen) atoms. The summed E-state index contributed by atoms with van der Waals surface area (Å²) in [7, 11) is 1.37. The summed E-state index contributed by atoms with van der Waals surface area (Å²) >= 11 is 1.25. The molecule has 4 heteroatoms. The highest BCUT2D eigenvalue weighted by molar-refractivity contribution is 7.04. The van der Waals surface area contributed by atoms with Crippen LogP contribution in [0.5, 0.6) is 0 Å². The Bertz CT molecular complexity index is 464. The first-order valence-electron chi connectivity index (χ1n) is 4.41. The van der Waals surface area contributed by atoms with E-state index in [-0.39, 0.29) is 5.97 Å². The monoisotopic (exact) mass is 219 g/mol. The highest BCUT2D eigenvalue weighted by Crippen LogP contribution is 2.24. The predicted octanol–water partition coefficient (Wildman–Crippen LogP) is 2.60. The maximum atomic E-state index is 11.4. The zero-order valence-electron chi connectivity index (χ0n) is 8.14. The molecule has 0 unspecified atom stereocenters. The highest BCUT2D eigenvalue weighted by atomic mass is 32.1. The van der Waals surface area contributed by atoms with Gasteiger partial charge in [-0.25, -0.2) is 4.79 Å². The lowest BCUT2D eigenvalue weighted by molar-refractivity contribution is 0.0602. The number of carbonyl (C=O) groups is 1. The molecule has 0 saturated carbocycles. The van der Waals surface area contributed by atoms with Crippen LogP contribution in [0.4, 0.5) is 0 Å². The van der Waals surface area contributed by atoms with Gasteiger partial charge in [0.2, 0.25) is 0 Å². The van der Waals surface area contributed by atoms with E-state index in [2.05, 4.69) is 9.11 Å². The van der Waals surface area contributed by atoms with Crippen molar-refractivity contribution in [3.05, 3.63) is 41.3 Å². The van der Waals surface area contributed by atoms with Crippen LogP contribution in [0.2, 0.25) is 0 Å². The van der Waals surface area contributed by atoms with Gasteiger partial charge < -0.3 is 4.74 Å². The Morgan fingerprint density at radius 2 is 2.07 bits per heavy atom. The fourth-order valence-corrected chi connectivity index (χ4v) is 1.97. The largest absolute Gasteiger partial charge is 0.465 e. The Morgan fingerprint density at radius 1 is 1.33 bits per heavy atom. The van der Waals surface area contributed by atoms with Crippen molar-refractivity contribution >= 4 is 17.5 Å². The molecule has 2 rings (SSSR count). The number of nitrogens with zero attached hydrogens (tertiary/aromatic N) is 1. The number of hydrogen-bond donors (Lipinski definition) is 0. The third kappa shape index (κ3) is 1.89. The zero-order chi connectivity index (χ0) is 10.7. The number of aromatic nitrogens is 1. The quantitative estimate of drug-likeness (QED) is 0.729. The number of ether oxygens (including phenoxy) is 1. The van der Waals surface area contributed by atoms with Crippen molar-refractivity contribution in [1.29, 1.82) is 0 Å². The van der Waals surface area contributed by atoms with Crippen LogP contribution in [0.25, 0.3) is 11.3 Å². The summed E-state index contributed by atoms with van der Waals surface area (Å²) in [5.74, 6) is -0.345. The molecule has 0 aliphatic rings. The highest BCUT2D eigenvalue weighted by Gasteiger charge is 2.15. The van der Waals surface area contributed by atoms with Gasteiger partial charge in [0.15, 0.2) is 0 Å². The van der Waals surface area contributed by atoms with E-state index in [0.29, 0.717) is 11.3 Å². The van der Waals surface area contributed by atoms with E-state index in [4.69, 9.17) is 0 Å². The van der Waals surface area contributed by atoms with Crippen molar-refractivity contribution in [1.82, 2.24) is 4.37 Å². The molecule has 0 radical (unpaired) electrons. The second-order valence-corrected chi connectivity index (χ2v) is 3.56. The first kappa shape index (κ1) is 9.86. The number of esters is 1. The first-order chi connectivity index (χ1) is 7.33. The van der Waals surface area contributed by atoms with E-state index in [1.54, 1.807) is 5.38 Å². The van der Waals surface area contributed by atoms with Crippen LogP contribution in [0, 0.1) is 0 Å². The van der Waals surface area contributed by atoms with Crippen molar-refractivity contribution in [3.8, 4) is 11.3 Å². The van der Waals surface area contributed by atoms with Crippen molar-refractivity contribution in [2.45, 2.75) is 0 Å². The molecule has 0 N–H and O–H groups in total. The lowest BCUT2D eigenvalue weighted by Crippen LogP contribution is -2.01. The minimum atomic E-state index is -0.345. The average Bonchev–Trinajstić information content (AvgIpc) is 2.78. The van der Waals surface area contributed by atoms with Gasteiger partial charge in [0.25, 0.3) is 0 Å². The summed E-state index contributed by atoms with van der Waals surface area (Å²) in [4.78, 5) is 11.4. The van der Waals surface area contributed by atoms with Gasteiger partial charge in [-0.2, -0.15) is 4.37 Å². The van der Waals surface area contributed by atoms with Gasteiger partial charge in [0.1, 0.15) is 0 Å². The fourth-order valence-electron chi connectivity index (χ4n) is 1.30. The lowest BCUT2D eigenvalue weighted by atomic mass is 10.1. The van der Waals surface area contributed by atoms with Gasteiger partial charge in [-0.05, 0) is 11.5 Å². The molecule has 0 amide bonds. The smallest absolute Gasteiger partial charge is 0.341 e. The Morgan fingerprint density at radius 3 is 2.73 bits per heavy atom. The molecule has 76 valence electrons. The molecule has 0 aliphatic heterocycles. The molecule has 2 aromatic rings. The van der Waals surface area contributed by atoms with E-state index < -0.39 is 0 Å². The third-order valence-electron chi connectivity index (χ3n) is 2.02. The SMILES string of the molecule is COC(=O)c1csnc1-c1ccccc1. The number of rotatable bonds is 2. The third-order valence-corrected chi connectivity index (χ3v) is 2.65. The van der Waals surface area contributed by atoms with E-state index in [1.165, 1.54) is 18.6 Å². The Kier molecular flexibility index (Phi) is 2.78. The molecule has 0 atom stereocenters. The van der Waals surface area contributed by atoms with Crippen LogP contribution >= 0.6 is 11.5 Å². The molecule has 0 bridgehead atoms. The minimum Gasteiger partial charge on any atom is -0.465 e. The van der Waals surface area contributed by atoms with Crippen LogP contribution in [-0.4, -0.2) is 17.5 Å². The van der Waals surface area contributed by atoms with Crippen LogP contribution in [0.15, 0.2) is 35.7 Å². The van der Waals surface area contributed by atoms with Gasteiger partial charge in [-0.3, -0.25) is 0 Å². The van der Waals surface area contributed by atoms with E-state index in [0.717, 1.165) is 5.56 Å². The van der Waals surface area contributed by atoms with Gasteiger partial charge in [-0.1, -0.05) is 30.3 Å². The van der Waals surface area contributed by atoms with E-state index in [9.17, 15) is 4.79 Å². The Balaban J connectivity index is 2.46. The van der Waals surface area contributed by atoms with Gasteiger partial charge in [-0.15, -0.1) is 0 Å². The molecule has 0 fully saturated rings. The summed E-state index contributed by atoms with van der Waals surface area (Å²) in [6.07, 6.45) is 0. The standard InChI is InChI=1S/C11H9NO2S/c1-14-11(13)9-7-15-12-10(9)8-5-3-2-4-6-8/h2-7H,1H3. The topological polar surface area (TPSA) is 39.2 Å². The summed E-state index contributed by atoms with van der Waals surface area (Å²) in [6.45, 7) is 0. The minimum absolute atomic E-state index is 0.345. The molecule has 3 nitrogen and oxygen atoms in total. The van der Waals surface area contributed by atoms with Gasteiger partial charge in [0.05, 0.1) is 18.4 Å². The summed E-state index contributed by atoms with van der Waals surface area (Å²) in [5, 5.41) is 1.70. The van der Waals surface area contributed by atoms with Crippen molar-refractivity contribution in [2.24, 2.45) is 0 Å². The second kappa shape index (κ2) is 4.23. The van der Waals surface area contributed by atoms with Crippen molar-refractivity contribution in [2.75, 3.05) is 7.11 Å². The number of carbonyl (C=O) groups excluding carboxylic acids is 1. The normalized spacial score (nSPS) is 9.93. The summed E-state index contributed by atoms with van der Waals surface area (Å²) in [6, 6.07) is 9.59. The van der Waals surface area contributed by atoms with Crippen molar-refractivity contribution < 1.29 is 9.53 Å². The van der Waals surface area contributed by atoms with Crippen LogP contribution in [-0.2, 0) is 4.74 Å². The first-order valence-corrected chi connectivity index (χ1v) is 5.24.